The predicted octanol–water partition coefficient (Wildman–Crippen LogP) is 3.56. The van der Waals surface area contributed by atoms with Gasteiger partial charge in [-0.2, -0.15) is 0 Å². The molecule has 182 valence electrons. The van der Waals surface area contributed by atoms with Gasteiger partial charge in [0.1, 0.15) is 29.5 Å². The molecule has 1 aliphatic rings. The van der Waals surface area contributed by atoms with E-state index in [1.165, 1.54) is 24.3 Å². The third-order valence-electron chi connectivity index (χ3n) is 5.90. The molecule has 2 aromatic carbocycles. The summed E-state index contributed by atoms with van der Waals surface area (Å²) in [7, 11) is 1.74. The predicted molar refractivity (Wildman–Crippen MR) is 128 cm³/mol. The molecule has 2 amide bonds. The van der Waals surface area contributed by atoms with E-state index in [0.717, 1.165) is 5.56 Å². The molecular weight excluding hydrogens is 449 g/mol. The molecule has 0 saturated carbocycles. The van der Waals surface area contributed by atoms with Crippen LogP contribution >= 0.6 is 0 Å². The first kappa shape index (κ1) is 24.3. The highest BCUT2D eigenvalue weighted by Gasteiger charge is 2.42. The molecule has 35 heavy (non-hydrogen) atoms. The van der Waals surface area contributed by atoms with Gasteiger partial charge in [-0.05, 0) is 42.0 Å². The zero-order valence-corrected chi connectivity index (χ0v) is 19.6. The normalized spacial score (nSPS) is 17.6. The highest BCUT2D eigenvalue weighted by Crippen LogP contribution is 2.26. The number of amides is 2. The van der Waals surface area contributed by atoms with Gasteiger partial charge in [0.15, 0.2) is 0 Å². The van der Waals surface area contributed by atoms with Gasteiger partial charge in [-0.1, -0.05) is 36.4 Å². The first-order chi connectivity index (χ1) is 16.9. The van der Waals surface area contributed by atoms with Gasteiger partial charge < -0.3 is 19.3 Å². The lowest BCUT2D eigenvalue weighted by atomic mass is 9.96. The van der Waals surface area contributed by atoms with Gasteiger partial charge in [0.25, 0.3) is 5.91 Å². The number of morpholine rings is 1. The Morgan fingerprint density at radius 2 is 1.83 bits per heavy atom. The number of rotatable bonds is 8. The summed E-state index contributed by atoms with van der Waals surface area (Å²) in [5.74, 6) is -0.285. The molecule has 1 aromatic heterocycles. The first-order valence-electron chi connectivity index (χ1n) is 11.4. The summed E-state index contributed by atoms with van der Waals surface area (Å²) in [5.41, 5.74) is 0.269. The molecule has 4 rings (SSSR count). The molecule has 1 saturated heterocycles. The second kappa shape index (κ2) is 11.1. The van der Waals surface area contributed by atoms with Gasteiger partial charge in [0.2, 0.25) is 5.91 Å². The molecule has 0 aliphatic carbocycles. The summed E-state index contributed by atoms with van der Waals surface area (Å²) in [6, 6.07) is 20.5. The van der Waals surface area contributed by atoms with Crippen LogP contribution in [0.25, 0.3) is 0 Å². The van der Waals surface area contributed by atoms with E-state index in [-0.39, 0.29) is 43.8 Å². The second-order valence-corrected chi connectivity index (χ2v) is 8.63. The largest absolute Gasteiger partial charge is 0.490 e. The van der Waals surface area contributed by atoms with E-state index in [4.69, 9.17) is 9.47 Å². The monoisotopic (exact) mass is 477 g/mol. The number of aromatic nitrogens is 1. The fourth-order valence-corrected chi connectivity index (χ4v) is 4.02. The van der Waals surface area contributed by atoms with Gasteiger partial charge in [-0.3, -0.25) is 14.6 Å². The molecule has 8 heteroatoms. The van der Waals surface area contributed by atoms with Crippen molar-refractivity contribution in [2.24, 2.45) is 0 Å². The van der Waals surface area contributed by atoms with Crippen molar-refractivity contribution in [3.05, 3.63) is 96.1 Å². The van der Waals surface area contributed by atoms with Gasteiger partial charge in [0.05, 0.1) is 19.6 Å². The third kappa shape index (κ3) is 6.42. The van der Waals surface area contributed by atoms with Crippen LogP contribution in [-0.2, 0) is 16.1 Å². The number of carbonyl (C=O) groups excluding carboxylic acids is 2. The van der Waals surface area contributed by atoms with E-state index >= 15 is 0 Å². The smallest absolute Gasteiger partial charge is 0.272 e. The number of benzene rings is 2. The quantitative estimate of drug-likeness (QED) is 0.496. The molecule has 0 unspecified atom stereocenters. The molecule has 0 spiro atoms. The summed E-state index contributed by atoms with van der Waals surface area (Å²) >= 11 is 0. The van der Waals surface area contributed by atoms with Crippen molar-refractivity contribution < 1.29 is 23.5 Å². The summed E-state index contributed by atoms with van der Waals surface area (Å²) in [5, 5.41) is 0. The zero-order chi connectivity index (χ0) is 24.7. The number of nitrogens with zero attached hydrogens (tertiary/aromatic N) is 3. The molecule has 1 aliphatic heterocycles. The number of halogens is 1. The molecular formula is C27H28FN3O4. The van der Waals surface area contributed by atoms with Gasteiger partial charge in [0, 0.05) is 26.3 Å². The minimum atomic E-state index is -1.07. The van der Waals surface area contributed by atoms with E-state index in [1.54, 1.807) is 41.2 Å². The molecule has 2 heterocycles. The minimum absolute atomic E-state index is 0.0174. The van der Waals surface area contributed by atoms with Gasteiger partial charge in [-0.15, -0.1) is 0 Å². The fourth-order valence-electron chi connectivity index (χ4n) is 4.02. The maximum Gasteiger partial charge on any atom is 0.272 e. The molecule has 0 bridgehead atoms. The standard InChI is InChI=1S/C27H28FN3O4/c1-30(18-21-7-3-2-4-8-21)25(32)17-27(20-34-23-12-10-22(28)11-13-23)19-31(15-16-35-27)26(33)24-9-5-6-14-29-24/h2-14H,15-20H2,1H3/t27-/m1/s1. The first-order valence-corrected chi connectivity index (χ1v) is 11.4. The highest BCUT2D eigenvalue weighted by molar-refractivity contribution is 5.92. The molecule has 7 nitrogen and oxygen atoms in total. The number of hydrogen-bond donors (Lipinski definition) is 0. The maximum atomic E-state index is 13.3. The minimum Gasteiger partial charge on any atom is -0.490 e. The van der Waals surface area contributed by atoms with E-state index < -0.39 is 5.60 Å². The molecule has 3 aromatic rings. The van der Waals surface area contributed by atoms with E-state index in [1.807, 2.05) is 30.3 Å². The Labute approximate surface area is 204 Å². The topological polar surface area (TPSA) is 72.0 Å². The van der Waals surface area contributed by atoms with Crippen molar-refractivity contribution >= 4 is 11.8 Å². The second-order valence-electron chi connectivity index (χ2n) is 8.63. The lowest BCUT2D eigenvalue weighted by Gasteiger charge is -2.42. The van der Waals surface area contributed by atoms with Crippen LogP contribution in [0.5, 0.6) is 5.75 Å². The Morgan fingerprint density at radius 3 is 2.54 bits per heavy atom. The third-order valence-corrected chi connectivity index (χ3v) is 5.90. The lowest BCUT2D eigenvalue weighted by molar-refractivity contribution is -0.152. The average molecular weight is 478 g/mol. The Kier molecular flexibility index (Phi) is 7.72. The van der Waals surface area contributed by atoms with Crippen molar-refractivity contribution in [2.75, 3.05) is 33.4 Å². The zero-order valence-electron chi connectivity index (χ0n) is 19.6. The van der Waals surface area contributed by atoms with E-state index in [9.17, 15) is 14.0 Å². The van der Waals surface area contributed by atoms with Crippen LogP contribution in [0.4, 0.5) is 4.39 Å². The molecule has 1 fully saturated rings. The summed E-state index contributed by atoms with van der Waals surface area (Å²) in [4.78, 5) is 33.8. The van der Waals surface area contributed by atoms with Crippen molar-refractivity contribution in [1.29, 1.82) is 0 Å². The molecule has 1 atom stereocenters. The maximum absolute atomic E-state index is 13.3. The number of hydrogen-bond acceptors (Lipinski definition) is 5. The van der Waals surface area contributed by atoms with Crippen LogP contribution in [-0.4, -0.2) is 65.6 Å². The van der Waals surface area contributed by atoms with Crippen molar-refractivity contribution in [1.82, 2.24) is 14.8 Å². The Hall–Kier alpha value is -3.78. The SMILES string of the molecule is CN(Cc1ccccc1)C(=O)C[C@]1(COc2ccc(F)cc2)CN(C(=O)c2ccccn2)CCO1. The van der Waals surface area contributed by atoms with Crippen molar-refractivity contribution in [2.45, 2.75) is 18.6 Å². The van der Waals surface area contributed by atoms with Crippen molar-refractivity contribution in [3.8, 4) is 5.75 Å². The molecule has 0 N–H and O–H groups in total. The summed E-state index contributed by atoms with van der Waals surface area (Å²) in [6.45, 7) is 1.26. The Balaban J connectivity index is 1.51. The number of carbonyl (C=O) groups is 2. The highest BCUT2D eigenvalue weighted by atomic mass is 19.1. The fraction of sp³-hybridized carbons (Fsp3) is 0.296. The lowest BCUT2D eigenvalue weighted by Crippen LogP contribution is -2.58. The summed E-state index contributed by atoms with van der Waals surface area (Å²) in [6.07, 6.45) is 1.59. The van der Waals surface area contributed by atoms with E-state index in [0.29, 0.717) is 24.5 Å². The number of ether oxygens (including phenoxy) is 2. The van der Waals surface area contributed by atoms with E-state index in [2.05, 4.69) is 4.98 Å². The van der Waals surface area contributed by atoms with Crippen LogP contribution in [0.15, 0.2) is 79.0 Å². The Morgan fingerprint density at radius 1 is 1.09 bits per heavy atom. The van der Waals surface area contributed by atoms with Crippen LogP contribution in [0.3, 0.4) is 0 Å². The van der Waals surface area contributed by atoms with Gasteiger partial charge >= 0.3 is 0 Å². The van der Waals surface area contributed by atoms with Crippen LogP contribution in [0.2, 0.25) is 0 Å². The van der Waals surface area contributed by atoms with Crippen LogP contribution in [0, 0.1) is 5.82 Å². The average Bonchev–Trinajstić information content (AvgIpc) is 2.89. The van der Waals surface area contributed by atoms with Crippen molar-refractivity contribution in [3.63, 3.8) is 0 Å². The summed E-state index contributed by atoms with van der Waals surface area (Å²) < 4.78 is 25.4. The molecule has 0 radical (unpaired) electrons. The van der Waals surface area contributed by atoms with Crippen LogP contribution in [0.1, 0.15) is 22.5 Å². The Bertz CT molecular complexity index is 1130. The van der Waals surface area contributed by atoms with Gasteiger partial charge in [-0.25, -0.2) is 4.39 Å². The number of pyridine rings is 1. The van der Waals surface area contributed by atoms with Crippen LogP contribution < -0.4 is 4.74 Å².